The van der Waals surface area contributed by atoms with Crippen molar-refractivity contribution in [2.24, 2.45) is 0 Å². The summed E-state index contributed by atoms with van der Waals surface area (Å²) in [6, 6.07) is 0.197. The minimum atomic E-state index is -0.295. The monoisotopic (exact) mass is 165 g/mol. The number of rotatable bonds is 0. The summed E-state index contributed by atoms with van der Waals surface area (Å²) in [6.07, 6.45) is 4.80. The highest BCUT2D eigenvalue weighted by Crippen LogP contribution is 2.35. The zero-order chi connectivity index (χ0) is 8.29. The molecule has 0 radical (unpaired) electrons. The number of nitrogens with one attached hydrogen (secondary N) is 1. The fraction of sp³-hybridized carbons (Fsp3) is 0.429. The highest BCUT2D eigenvalue weighted by molar-refractivity contribution is 5.12. The predicted octanol–water partition coefficient (Wildman–Crippen LogP) is -0.606. The van der Waals surface area contributed by atoms with Crippen molar-refractivity contribution in [2.45, 2.75) is 18.5 Å². The molecule has 1 aromatic heterocycles. The summed E-state index contributed by atoms with van der Waals surface area (Å²) in [7, 11) is 0. The largest absolute Gasteiger partial charge is 0.345 e. The Kier molecular flexibility index (Phi) is 0.819. The van der Waals surface area contributed by atoms with Gasteiger partial charge in [0.25, 0.3) is 0 Å². The second-order valence-corrected chi connectivity index (χ2v) is 3.18. The Bertz CT molecular complexity index is 435. The molecule has 62 valence electrons. The molecule has 0 aromatic carbocycles. The third-order valence-corrected chi connectivity index (χ3v) is 2.53. The first-order valence-corrected chi connectivity index (χ1v) is 3.89. The molecule has 2 atom stereocenters. The first-order chi connectivity index (χ1) is 5.77. The van der Waals surface area contributed by atoms with Gasteiger partial charge >= 0.3 is 11.4 Å². The molecule has 0 fully saturated rings. The molecule has 0 unspecified atom stereocenters. The number of H-pyrrole nitrogens is 1. The number of hydrogen-bond donors (Lipinski definition) is 1. The summed E-state index contributed by atoms with van der Waals surface area (Å²) in [5, 5.41) is 0. The van der Waals surface area contributed by atoms with Crippen molar-refractivity contribution >= 4 is 0 Å². The number of aromatic nitrogens is 3. The van der Waals surface area contributed by atoms with Crippen molar-refractivity contribution < 1.29 is 0 Å². The molecule has 2 bridgehead atoms. The number of hydrogen-bond acceptors (Lipinski definition) is 2. The van der Waals surface area contributed by atoms with Crippen LogP contribution in [0.4, 0.5) is 0 Å². The molecule has 12 heavy (non-hydrogen) atoms. The number of fused-ring (bicyclic) bond motifs is 5. The van der Waals surface area contributed by atoms with Crippen LogP contribution in [-0.2, 0) is 0 Å². The molecule has 0 spiro atoms. The van der Waals surface area contributed by atoms with E-state index in [1.807, 2.05) is 12.2 Å². The van der Waals surface area contributed by atoms with E-state index in [4.69, 9.17) is 0 Å². The van der Waals surface area contributed by atoms with Crippen molar-refractivity contribution in [3.8, 4) is 0 Å². The maximum Gasteiger partial charge on any atom is 0.345 e. The van der Waals surface area contributed by atoms with E-state index in [1.54, 1.807) is 0 Å². The molecule has 2 heterocycles. The van der Waals surface area contributed by atoms with Gasteiger partial charge in [-0.2, -0.15) is 0 Å². The lowest BCUT2D eigenvalue weighted by atomic mass is 10.2. The zero-order valence-corrected chi connectivity index (χ0v) is 6.23. The molecule has 5 heteroatoms. The van der Waals surface area contributed by atoms with E-state index in [0.717, 1.165) is 6.42 Å². The Balaban J connectivity index is 2.46. The van der Waals surface area contributed by atoms with Gasteiger partial charge in [0.05, 0.1) is 12.1 Å². The summed E-state index contributed by atoms with van der Waals surface area (Å²) >= 11 is 0. The van der Waals surface area contributed by atoms with Crippen molar-refractivity contribution in [3.63, 3.8) is 0 Å². The van der Waals surface area contributed by atoms with Crippen LogP contribution < -0.4 is 11.4 Å². The van der Waals surface area contributed by atoms with E-state index in [-0.39, 0.29) is 23.5 Å². The van der Waals surface area contributed by atoms with Crippen LogP contribution in [0.2, 0.25) is 0 Å². The highest BCUT2D eigenvalue weighted by atomic mass is 16.2. The third-order valence-electron chi connectivity index (χ3n) is 2.53. The molecular weight excluding hydrogens is 158 g/mol. The molecule has 0 amide bonds. The normalized spacial score (nSPS) is 29.7. The molecular formula is C7H7N3O2. The Labute approximate surface area is 66.9 Å². The van der Waals surface area contributed by atoms with Gasteiger partial charge in [0.1, 0.15) is 0 Å². The highest BCUT2D eigenvalue weighted by Gasteiger charge is 2.34. The zero-order valence-electron chi connectivity index (χ0n) is 6.23. The van der Waals surface area contributed by atoms with Gasteiger partial charge < -0.3 is 0 Å². The van der Waals surface area contributed by atoms with E-state index in [1.165, 1.54) is 9.36 Å². The van der Waals surface area contributed by atoms with E-state index in [9.17, 15) is 9.59 Å². The average molecular weight is 165 g/mol. The fourth-order valence-electron chi connectivity index (χ4n) is 2.05. The second-order valence-electron chi connectivity index (χ2n) is 3.18. The predicted molar refractivity (Wildman–Crippen MR) is 41.1 cm³/mol. The van der Waals surface area contributed by atoms with Gasteiger partial charge in [0, 0.05) is 0 Å². The van der Waals surface area contributed by atoms with Crippen LogP contribution in [0.5, 0.6) is 0 Å². The van der Waals surface area contributed by atoms with Crippen molar-refractivity contribution in [1.29, 1.82) is 0 Å². The minimum absolute atomic E-state index is 0.0986. The van der Waals surface area contributed by atoms with Crippen LogP contribution in [0.15, 0.2) is 21.7 Å². The van der Waals surface area contributed by atoms with Crippen molar-refractivity contribution in [2.75, 3.05) is 0 Å². The van der Waals surface area contributed by atoms with E-state index < -0.39 is 0 Å². The Morgan fingerprint density at radius 3 is 2.17 bits per heavy atom. The van der Waals surface area contributed by atoms with Crippen LogP contribution >= 0.6 is 0 Å². The number of aromatic amines is 1. The van der Waals surface area contributed by atoms with Gasteiger partial charge in [-0.05, 0) is 6.42 Å². The minimum Gasteiger partial charge on any atom is -0.257 e. The quantitative estimate of drug-likeness (QED) is 0.521. The van der Waals surface area contributed by atoms with Crippen LogP contribution in [0.1, 0.15) is 18.5 Å². The van der Waals surface area contributed by atoms with Gasteiger partial charge in [0.15, 0.2) is 0 Å². The van der Waals surface area contributed by atoms with E-state index in [0.29, 0.717) is 0 Å². The summed E-state index contributed by atoms with van der Waals surface area (Å²) in [5.41, 5.74) is -0.589. The smallest absolute Gasteiger partial charge is 0.257 e. The summed E-state index contributed by atoms with van der Waals surface area (Å²) in [5.74, 6) is 0. The molecule has 2 aliphatic rings. The van der Waals surface area contributed by atoms with Gasteiger partial charge in [0.2, 0.25) is 0 Å². The maximum atomic E-state index is 11.2. The molecule has 1 N–H and O–H groups in total. The third kappa shape index (κ3) is 0.479. The second kappa shape index (κ2) is 1.63. The summed E-state index contributed by atoms with van der Waals surface area (Å²) in [4.78, 5) is 24.6. The SMILES string of the molecule is O=c1[nH]c(=O)n2n1[C@@H]1C=C[C@H]2C1. The van der Waals surface area contributed by atoms with Crippen LogP contribution in [0.3, 0.4) is 0 Å². The van der Waals surface area contributed by atoms with Crippen LogP contribution in [0, 0.1) is 0 Å². The first kappa shape index (κ1) is 6.05. The Morgan fingerprint density at radius 2 is 1.67 bits per heavy atom. The molecule has 3 rings (SSSR count). The molecule has 1 aromatic rings. The summed E-state index contributed by atoms with van der Waals surface area (Å²) in [6.45, 7) is 0. The van der Waals surface area contributed by atoms with Crippen molar-refractivity contribution in [3.05, 3.63) is 33.1 Å². The topological polar surface area (TPSA) is 59.8 Å². The molecule has 0 saturated heterocycles. The Hall–Kier alpha value is -1.52. The Morgan fingerprint density at radius 1 is 1.17 bits per heavy atom. The van der Waals surface area contributed by atoms with Crippen LogP contribution in [0.25, 0.3) is 0 Å². The van der Waals surface area contributed by atoms with Gasteiger partial charge in [-0.1, -0.05) is 12.2 Å². The van der Waals surface area contributed by atoms with E-state index in [2.05, 4.69) is 4.98 Å². The fourth-order valence-corrected chi connectivity index (χ4v) is 2.05. The van der Waals surface area contributed by atoms with Gasteiger partial charge in [-0.25, -0.2) is 19.0 Å². The maximum absolute atomic E-state index is 11.2. The number of nitrogens with zero attached hydrogens (tertiary/aromatic N) is 2. The number of allylic oxidation sites excluding steroid dienone is 2. The first-order valence-electron chi connectivity index (χ1n) is 3.89. The molecule has 1 aliphatic carbocycles. The lowest BCUT2D eigenvalue weighted by Crippen LogP contribution is -2.25. The molecule has 5 nitrogen and oxygen atoms in total. The molecule has 0 saturated carbocycles. The lowest BCUT2D eigenvalue weighted by molar-refractivity contribution is 0.505. The summed E-state index contributed by atoms with van der Waals surface area (Å²) < 4.78 is 2.99. The van der Waals surface area contributed by atoms with Gasteiger partial charge in [-0.3, -0.25) is 4.98 Å². The van der Waals surface area contributed by atoms with Gasteiger partial charge in [-0.15, -0.1) is 0 Å². The van der Waals surface area contributed by atoms with E-state index >= 15 is 0 Å². The standard InChI is InChI=1S/C7H7N3O2/c11-6-8-7(12)10-5-2-1-4(3-5)9(6)10/h1-2,4-5H,3H2,(H,8,11,12)/t4-,5+. The average Bonchev–Trinajstić information content (AvgIpc) is 2.64. The van der Waals surface area contributed by atoms with Crippen LogP contribution in [-0.4, -0.2) is 14.3 Å². The molecule has 1 aliphatic heterocycles. The lowest BCUT2D eigenvalue weighted by Gasteiger charge is -2.07. The van der Waals surface area contributed by atoms with Crippen molar-refractivity contribution in [1.82, 2.24) is 14.3 Å².